The third kappa shape index (κ3) is 4.28. The van der Waals surface area contributed by atoms with Crippen LogP contribution < -0.4 is 0 Å². The van der Waals surface area contributed by atoms with Crippen molar-refractivity contribution >= 4 is 10.0 Å². The van der Waals surface area contributed by atoms with E-state index in [0.29, 0.717) is 5.89 Å². The van der Waals surface area contributed by atoms with E-state index in [-0.39, 0.29) is 22.7 Å². The van der Waals surface area contributed by atoms with Crippen LogP contribution in [0.2, 0.25) is 0 Å². The molecule has 2 aromatic carbocycles. The molecule has 0 fully saturated rings. The minimum Gasteiger partial charge on any atom is -0.419 e. The normalized spacial score (nSPS) is 12.5. The molecule has 3 rings (SSSR count). The number of halogens is 1. The third-order valence-electron chi connectivity index (χ3n) is 4.34. The van der Waals surface area contributed by atoms with Gasteiger partial charge in [-0.15, -0.1) is 10.2 Å². The molecule has 8 heteroatoms. The van der Waals surface area contributed by atoms with Gasteiger partial charge in [0.2, 0.25) is 21.8 Å². The summed E-state index contributed by atoms with van der Waals surface area (Å²) in [6.07, 6.45) is 0. The van der Waals surface area contributed by atoms with Crippen molar-refractivity contribution in [3.63, 3.8) is 0 Å². The summed E-state index contributed by atoms with van der Waals surface area (Å²) >= 11 is 0. The Kier molecular flexibility index (Phi) is 5.36. The van der Waals surface area contributed by atoms with E-state index in [1.807, 2.05) is 24.3 Å². The maximum Gasteiger partial charge on any atom is 0.247 e. The predicted octanol–water partition coefficient (Wildman–Crippen LogP) is 3.99. The second kappa shape index (κ2) is 7.44. The van der Waals surface area contributed by atoms with E-state index in [1.165, 1.54) is 24.7 Å². The van der Waals surface area contributed by atoms with Crippen molar-refractivity contribution in [1.82, 2.24) is 14.5 Å². The molecule has 0 amide bonds. The van der Waals surface area contributed by atoms with Gasteiger partial charge in [-0.2, -0.15) is 4.31 Å². The lowest BCUT2D eigenvalue weighted by Crippen LogP contribution is -2.26. The third-order valence-corrected chi connectivity index (χ3v) is 6.16. The van der Waals surface area contributed by atoms with E-state index < -0.39 is 15.8 Å². The molecule has 3 aromatic rings. The van der Waals surface area contributed by atoms with Crippen LogP contribution in [0.5, 0.6) is 0 Å². The molecule has 0 aliphatic rings. The van der Waals surface area contributed by atoms with Crippen molar-refractivity contribution in [3.8, 4) is 11.5 Å². The number of hydrogen-bond donors (Lipinski definition) is 0. The van der Waals surface area contributed by atoms with Crippen LogP contribution in [0.15, 0.2) is 57.8 Å². The summed E-state index contributed by atoms with van der Waals surface area (Å²) < 4.78 is 44.9. The molecule has 0 spiro atoms. The molecule has 6 nitrogen and oxygen atoms in total. The lowest BCUT2D eigenvalue weighted by molar-refractivity contribution is 0.400. The molecular weight excluding hydrogens is 381 g/mol. The summed E-state index contributed by atoms with van der Waals surface area (Å²) in [5.41, 5.74) is 1.98. The molecule has 1 heterocycles. The van der Waals surface area contributed by atoms with Gasteiger partial charge in [0.25, 0.3) is 0 Å². The summed E-state index contributed by atoms with van der Waals surface area (Å²) in [4.78, 5) is -0.00564. The Morgan fingerprint density at radius 2 is 1.61 bits per heavy atom. The van der Waals surface area contributed by atoms with Gasteiger partial charge in [0.05, 0.1) is 11.4 Å². The summed E-state index contributed by atoms with van der Waals surface area (Å²) in [7, 11) is -2.39. The fourth-order valence-electron chi connectivity index (χ4n) is 2.61. The zero-order valence-corrected chi connectivity index (χ0v) is 17.0. The SMILES string of the molecule is CN(Cc1nnc(-c2ccc(C(C)(C)C)cc2)o1)S(=O)(=O)c1ccc(F)cc1. The lowest BCUT2D eigenvalue weighted by atomic mass is 9.87. The maximum atomic E-state index is 13.0. The highest BCUT2D eigenvalue weighted by molar-refractivity contribution is 7.89. The predicted molar refractivity (Wildman–Crippen MR) is 103 cm³/mol. The standard InChI is InChI=1S/C20H22FN3O3S/c1-20(2,3)15-7-5-14(6-8-15)19-23-22-18(27-19)13-24(4)28(25,26)17-11-9-16(21)10-12-17/h5-12H,13H2,1-4H3. The lowest BCUT2D eigenvalue weighted by Gasteiger charge is -2.18. The monoisotopic (exact) mass is 403 g/mol. The van der Waals surface area contributed by atoms with Gasteiger partial charge in [0, 0.05) is 12.6 Å². The van der Waals surface area contributed by atoms with Gasteiger partial charge in [0.1, 0.15) is 5.82 Å². The van der Waals surface area contributed by atoms with Gasteiger partial charge in [-0.3, -0.25) is 0 Å². The molecule has 0 bridgehead atoms. The zero-order chi connectivity index (χ0) is 20.5. The van der Waals surface area contributed by atoms with Gasteiger partial charge in [0.15, 0.2) is 0 Å². The Balaban J connectivity index is 1.76. The maximum absolute atomic E-state index is 13.0. The highest BCUT2D eigenvalue weighted by atomic mass is 32.2. The van der Waals surface area contributed by atoms with Crippen molar-refractivity contribution in [2.75, 3.05) is 7.05 Å². The molecule has 0 N–H and O–H groups in total. The first kappa shape index (κ1) is 20.2. The van der Waals surface area contributed by atoms with Gasteiger partial charge >= 0.3 is 0 Å². The van der Waals surface area contributed by atoms with E-state index >= 15 is 0 Å². The number of aromatic nitrogens is 2. The molecule has 0 saturated heterocycles. The fraction of sp³-hybridized carbons (Fsp3) is 0.300. The van der Waals surface area contributed by atoms with Gasteiger partial charge in [-0.05, 0) is 47.4 Å². The van der Waals surface area contributed by atoms with Crippen LogP contribution in [0.25, 0.3) is 11.5 Å². The van der Waals surface area contributed by atoms with Crippen molar-refractivity contribution in [1.29, 1.82) is 0 Å². The summed E-state index contributed by atoms with van der Waals surface area (Å²) in [5.74, 6) is -0.00764. The van der Waals surface area contributed by atoms with Crippen LogP contribution in [0.4, 0.5) is 4.39 Å². The van der Waals surface area contributed by atoms with Crippen LogP contribution in [0.1, 0.15) is 32.2 Å². The van der Waals surface area contributed by atoms with Crippen LogP contribution in [0.3, 0.4) is 0 Å². The Hall–Kier alpha value is -2.58. The largest absolute Gasteiger partial charge is 0.419 e. The number of benzene rings is 2. The van der Waals surface area contributed by atoms with Crippen LogP contribution >= 0.6 is 0 Å². The van der Waals surface area contributed by atoms with E-state index in [4.69, 9.17) is 4.42 Å². The number of rotatable bonds is 5. The molecule has 0 saturated carbocycles. The summed E-state index contributed by atoms with van der Waals surface area (Å²) in [6, 6.07) is 12.5. The molecule has 1 aromatic heterocycles. The Bertz CT molecular complexity index is 1050. The Morgan fingerprint density at radius 3 is 2.18 bits per heavy atom. The molecule has 28 heavy (non-hydrogen) atoms. The first-order chi connectivity index (χ1) is 13.1. The van der Waals surface area contributed by atoms with Crippen molar-refractivity contribution in [2.45, 2.75) is 37.6 Å². The molecule has 0 aliphatic carbocycles. The fourth-order valence-corrected chi connectivity index (χ4v) is 3.73. The highest BCUT2D eigenvalue weighted by Gasteiger charge is 2.23. The minimum atomic E-state index is -3.79. The average molecular weight is 403 g/mol. The van der Waals surface area contributed by atoms with Crippen molar-refractivity contribution in [3.05, 3.63) is 65.8 Å². The van der Waals surface area contributed by atoms with Gasteiger partial charge < -0.3 is 4.42 Å². The number of nitrogens with zero attached hydrogens (tertiary/aromatic N) is 3. The van der Waals surface area contributed by atoms with E-state index in [0.717, 1.165) is 22.0 Å². The van der Waals surface area contributed by atoms with Crippen LogP contribution in [0, 0.1) is 5.82 Å². The summed E-state index contributed by atoms with van der Waals surface area (Å²) in [6.45, 7) is 6.30. The molecule has 148 valence electrons. The zero-order valence-electron chi connectivity index (χ0n) is 16.2. The van der Waals surface area contributed by atoms with E-state index in [1.54, 1.807) is 0 Å². The number of sulfonamides is 1. The quantitative estimate of drug-likeness (QED) is 0.644. The Morgan fingerprint density at radius 1 is 1.00 bits per heavy atom. The average Bonchev–Trinajstić information content (AvgIpc) is 3.10. The van der Waals surface area contributed by atoms with Gasteiger partial charge in [-0.1, -0.05) is 32.9 Å². The molecule has 0 unspecified atom stereocenters. The highest BCUT2D eigenvalue weighted by Crippen LogP contribution is 2.26. The molecular formula is C20H22FN3O3S. The van der Waals surface area contributed by atoms with Crippen LogP contribution in [-0.2, 0) is 22.0 Å². The first-order valence-electron chi connectivity index (χ1n) is 8.72. The smallest absolute Gasteiger partial charge is 0.247 e. The molecule has 0 radical (unpaired) electrons. The second-order valence-electron chi connectivity index (χ2n) is 7.54. The van der Waals surface area contributed by atoms with Crippen molar-refractivity contribution in [2.24, 2.45) is 0 Å². The minimum absolute atomic E-state index is 0.00564. The van der Waals surface area contributed by atoms with Crippen molar-refractivity contribution < 1.29 is 17.2 Å². The molecule has 0 aliphatic heterocycles. The topological polar surface area (TPSA) is 76.3 Å². The van der Waals surface area contributed by atoms with Gasteiger partial charge in [-0.25, -0.2) is 12.8 Å². The van der Waals surface area contributed by atoms with E-state index in [9.17, 15) is 12.8 Å². The molecule has 0 atom stereocenters. The summed E-state index contributed by atoms with van der Waals surface area (Å²) in [5, 5.41) is 7.95. The second-order valence-corrected chi connectivity index (χ2v) is 9.59. The Labute approximate surface area is 164 Å². The first-order valence-corrected chi connectivity index (χ1v) is 10.2. The number of hydrogen-bond acceptors (Lipinski definition) is 5. The van der Waals surface area contributed by atoms with Crippen LogP contribution in [-0.4, -0.2) is 30.0 Å². The van der Waals surface area contributed by atoms with E-state index in [2.05, 4.69) is 31.0 Å².